The third-order valence-corrected chi connectivity index (χ3v) is 2.93. The third-order valence-electron chi connectivity index (χ3n) is 2.50. The Hall–Kier alpha value is -1.43. The number of aromatic nitrogens is 4. The van der Waals surface area contributed by atoms with Gasteiger partial charge >= 0.3 is 0 Å². The van der Waals surface area contributed by atoms with Gasteiger partial charge in [0.15, 0.2) is 5.82 Å². The minimum atomic E-state index is 0.628. The van der Waals surface area contributed by atoms with Gasteiger partial charge in [0.05, 0.1) is 6.54 Å². The molecule has 2 heterocycles. The van der Waals surface area contributed by atoms with E-state index in [0.29, 0.717) is 6.54 Å². The maximum Gasteiger partial charge on any atom is 0.152 e. The smallest absolute Gasteiger partial charge is 0.152 e. The first-order chi connectivity index (χ1) is 8.20. The fourth-order valence-corrected chi connectivity index (χ4v) is 2.01. The van der Waals surface area contributed by atoms with Crippen molar-refractivity contribution >= 4 is 21.7 Å². The van der Waals surface area contributed by atoms with Gasteiger partial charge in [0.2, 0.25) is 0 Å². The van der Waals surface area contributed by atoms with Gasteiger partial charge in [0.25, 0.3) is 0 Å². The molecular formula is C11H14BrN5. The van der Waals surface area contributed by atoms with E-state index in [1.54, 1.807) is 12.5 Å². The van der Waals surface area contributed by atoms with Crippen LogP contribution in [0.3, 0.4) is 0 Å². The maximum absolute atomic E-state index is 4.32. The van der Waals surface area contributed by atoms with Crippen molar-refractivity contribution in [2.24, 2.45) is 0 Å². The van der Waals surface area contributed by atoms with Crippen LogP contribution < -0.4 is 5.32 Å². The summed E-state index contributed by atoms with van der Waals surface area (Å²) >= 11 is 3.39. The molecule has 0 aliphatic heterocycles. The van der Waals surface area contributed by atoms with Gasteiger partial charge in [-0.05, 0) is 41.4 Å². The lowest BCUT2D eigenvalue weighted by Gasteiger charge is -2.08. The highest BCUT2D eigenvalue weighted by molar-refractivity contribution is 9.10. The highest BCUT2D eigenvalue weighted by Crippen LogP contribution is 2.17. The van der Waals surface area contributed by atoms with E-state index >= 15 is 0 Å². The van der Waals surface area contributed by atoms with Gasteiger partial charge in [0.1, 0.15) is 12.1 Å². The molecule has 0 radical (unpaired) electrons. The molecule has 0 saturated heterocycles. The summed E-state index contributed by atoms with van der Waals surface area (Å²) in [4.78, 5) is 4.32. The fraction of sp³-hybridized carbons (Fsp3) is 0.364. The molecule has 17 heavy (non-hydrogen) atoms. The van der Waals surface area contributed by atoms with Gasteiger partial charge in [-0.15, -0.1) is 10.2 Å². The van der Waals surface area contributed by atoms with Crippen LogP contribution in [0.4, 0.5) is 5.82 Å². The minimum Gasteiger partial charge on any atom is -0.363 e. The average molecular weight is 296 g/mol. The summed E-state index contributed by atoms with van der Waals surface area (Å²) in [7, 11) is 0. The molecule has 0 unspecified atom stereocenters. The Morgan fingerprint density at radius 2 is 2.29 bits per heavy atom. The molecule has 0 spiro atoms. The number of halogens is 1. The third kappa shape index (κ3) is 2.82. The normalized spacial score (nSPS) is 10.5. The fourth-order valence-electron chi connectivity index (χ4n) is 1.57. The summed E-state index contributed by atoms with van der Waals surface area (Å²) < 4.78 is 2.98. The summed E-state index contributed by atoms with van der Waals surface area (Å²) in [5, 5.41) is 11.2. The van der Waals surface area contributed by atoms with Crippen LogP contribution >= 0.6 is 15.9 Å². The minimum absolute atomic E-state index is 0.628. The largest absolute Gasteiger partial charge is 0.363 e. The molecule has 0 aromatic carbocycles. The van der Waals surface area contributed by atoms with E-state index in [0.717, 1.165) is 28.2 Å². The topological polar surface area (TPSA) is 55.6 Å². The van der Waals surface area contributed by atoms with Crippen LogP contribution in [-0.2, 0) is 13.1 Å². The number of rotatable bonds is 4. The Bertz CT molecular complexity index is 508. The Morgan fingerprint density at radius 1 is 1.47 bits per heavy atom. The molecule has 0 aliphatic carbocycles. The van der Waals surface area contributed by atoms with Crippen LogP contribution in [0.1, 0.15) is 18.3 Å². The van der Waals surface area contributed by atoms with Crippen molar-refractivity contribution in [3.05, 3.63) is 34.5 Å². The van der Waals surface area contributed by atoms with Crippen molar-refractivity contribution in [2.75, 3.05) is 5.32 Å². The van der Waals surface area contributed by atoms with Gasteiger partial charge in [-0.25, -0.2) is 4.98 Å². The summed E-state index contributed by atoms with van der Waals surface area (Å²) in [6.07, 6.45) is 3.51. The molecule has 5 nitrogen and oxygen atoms in total. The van der Waals surface area contributed by atoms with Crippen molar-refractivity contribution in [2.45, 2.75) is 26.9 Å². The number of hydrogen-bond acceptors (Lipinski definition) is 4. The quantitative estimate of drug-likeness (QED) is 0.941. The zero-order valence-corrected chi connectivity index (χ0v) is 11.4. The van der Waals surface area contributed by atoms with Crippen LogP contribution in [0.25, 0.3) is 0 Å². The summed E-state index contributed by atoms with van der Waals surface area (Å²) in [5.74, 6) is 1.79. The van der Waals surface area contributed by atoms with Crippen molar-refractivity contribution in [1.29, 1.82) is 0 Å². The number of aryl methyl sites for hydroxylation is 2. The van der Waals surface area contributed by atoms with E-state index < -0.39 is 0 Å². The maximum atomic E-state index is 4.32. The molecule has 1 N–H and O–H groups in total. The summed E-state index contributed by atoms with van der Waals surface area (Å²) in [6.45, 7) is 5.58. The van der Waals surface area contributed by atoms with E-state index in [1.807, 2.05) is 17.6 Å². The van der Waals surface area contributed by atoms with E-state index in [2.05, 4.69) is 43.4 Å². The zero-order chi connectivity index (χ0) is 12.3. The molecule has 0 bridgehead atoms. The van der Waals surface area contributed by atoms with Crippen LogP contribution in [0.15, 0.2) is 23.1 Å². The Morgan fingerprint density at radius 3 is 3.00 bits per heavy atom. The molecule has 0 saturated carbocycles. The number of pyridine rings is 1. The highest BCUT2D eigenvalue weighted by Gasteiger charge is 2.04. The number of nitrogens with zero attached hydrogens (tertiary/aromatic N) is 4. The predicted molar refractivity (Wildman–Crippen MR) is 69.7 cm³/mol. The van der Waals surface area contributed by atoms with Gasteiger partial charge in [-0.1, -0.05) is 0 Å². The number of nitrogens with one attached hydrogen (secondary N) is 1. The van der Waals surface area contributed by atoms with Gasteiger partial charge < -0.3 is 9.88 Å². The molecule has 0 amide bonds. The standard InChI is InChI=1S/C11H14BrN5/c1-3-17-7-15-16-10(17)6-14-11-8(2)4-9(12)5-13-11/h4-5,7H,3,6H2,1-2H3,(H,13,14). The Kier molecular flexibility index (Phi) is 3.73. The average Bonchev–Trinajstić information content (AvgIpc) is 2.75. The molecule has 2 aromatic rings. The first kappa shape index (κ1) is 12.0. The van der Waals surface area contributed by atoms with Crippen LogP contribution in [0.2, 0.25) is 0 Å². The van der Waals surface area contributed by atoms with Crippen molar-refractivity contribution in [3.63, 3.8) is 0 Å². The van der Waals surface area contributed by atoms with E-state index in [1.165, 1.54) is 0 Å². The van der Waals surface area contributed by atoms with Gasteiger partial charge in [-0.2, -0.15) is 0 Å². The summed E-state index contributed by atoms with van der Waals surface area (Å²) in [6, 6.07) is 2.03. The van der Waals surface area contributed by atoms with Crippen LogP contribution in [0.5, 0.6) is 0 Å². The first-order valence-corrected chi connectivity index (χ1v) is 6.22. The molecular weight excluding hydrogens is 282 g/mol. The van der Waals surface area contributed by atoms with Gasteiger partial charge in [-0.3, -0.25) is 0 Å². The highest BCUT2D eigenvalue weighted by atomic mass is 79.9. The van der Waals surface area contributed by atoms with E-state index in [9.17, 15) is 0 Å². The predicted octanol–water partition coefficient (Wildman–Crippen LogP) is 2.38. The van der Waals surface area contributed by atoms with Crippen molar-refractivity contribution in [3.8, 4) is 0 Å². The molecule has 2 rings (SSSR count). The van der Waals surface area contributed by atoms with Crippen LogP contribution in [0, 0.1) is 6.92 Å². The SMILES string of the molecule is CCn1cnnc1CNc1ncc(Br)cc1C. The lowest BCUT2D eigenvalue weighted by molar-refractivity contribution is 0.707. The lowest BCUT2D eigenvalue weighted by Crippen LogP contribution is -2.09. The molecule has 6 heteroatoms. The van der Waals surface area contributed by atoms with Crippen molar-refractivity contribution in [1.82, 2.24) is 19.7 Å². The van der Waals surface area contributed by atoms with Crippen molar-refractivity contribution < 1.29 is 0 Å². The Balaban J connectivity index is 2.07. The second-order valence-corrected chi connectivity index (χ2v) is 4.62. The van der Waals surface area contributed by atoms with E-state index in [4.69, 9.17) is 0 Å². The Labute approximate surface area is 108 Å². The first-order valence-electron chi connectivity index (χ1n) is 5.43. The number of hydrogen-bond donors (Lipinski definition) is 1. The second kappa shape index (κ2) is 5.27. The second-order valence-electron chi connectivity index (χ2n) is 3.71. The molecule has 0 atom stereocenters. The number of anilines is 1. The monoisotopic (exact) mass is 295 g/mol. The van der Waals surface area contributed by atoms with E-state index in [-0.39, 0.29) is 0 Å². The zero-order valence-electron chi connectivity index (χ0n) is 9.81. The summed E-state index contributed by atoms with van der Waals surface area (Å²) in [5.41, 5.74) is 1.10. The molecule has 2 aromatic heterocycles. The lowest BCUT2D eigenvalue weighted by atomic mass is 10.3. The molecule has 90 valence electrons. The molecule has 0 fully saturated rings. The van der Waals surface area contributed by atoms with Crippen LogP contribution in [-0.4, -0.2) is 19.7 Å². The molecule has 0 aliphatic rings. The van der Waals surface area contributed by atoms with Gasteiger partial charge in [0, 0.05) is 17.2 Å².